The number of hydrogen-bond donors (Lipinski definition) is 0. The lowest BCUT2D eigenvalue weighted by atomic mass is 10.1. The van der Waals surface area contributed by atoms with Crippen molar-refractivity contribution in [1.82, 2.24) is 9.88 Å². The van der Waals surface area contributed by atoms with E-state index in [1.165, 1.54) is 16.9 Å². The molecule has 1 aromatic heterocycles. The van der Waals surface area contributed by atoms with Crippen molar-refractivity contribution in [3.8, 4) is 0 Å². The van der Waals surface area contributed by atoms with Crippen LogP contribution in [0.2, 0.25) is 0 Å². The van der Waals surface area contributed by atoms with Crippen molar-refractivity contribution in [2.24, 2.45) is 0 Å². The van der Waals surface area contributed by atoms with Crippen LogP contribution in [-0.2, 0) is 6.54 Å². The number of nitrogens with zero attached hydrogens (tertiary/aromatic N) is 2. The number of benzene rings is 1. The van der Waals surface area contributed by atoms with Gasteiger partial charge in [-0.25, -0.2) is 4.98 Å². The predicted molar refractivity (Wildman–Crippen MR) is 87.8 cm³/mol. The first-order valence-electron chi connectivity index (χ1n) is 7.29. The minimum atomic E-state index is 0.145. The molecule has 0 spiro atoms. The average Bonchev–Trinajstić information content (AvgIpc) is 2.90. The molecule has 0 N–H and O–H groups in total. The molecule has 0 unspecified atom stereocenters. The summed E-state index contributed by atoms with van der Waals surface area (Å²) in [7, 11) is 0. The van der Waals surface area contributed by atoms with Crippen LogP contribution in [0.5, 0.6) is 0 Å². The zero-order chi connectivity index (χ0) is 15.2. The number of hydrogen-bond acceptors (Lipinski definition) is 4. The lowest BCUT2D eigenvalue weighted by Gasteiger charge is -2.26. The van der Waals surface area contributed by atoms with Gasteiger partial charge in [-0.3, -0.25) is 9.69 Å². The Hall–Kier alpha value is -1.52. The van der Waals surface area contributed by atoms with Gasteiger partial charge in [-0.15, -0.1) is 11.3 Å². The quantitative estimate of drug-likeness (QED) is 0.726. The second kappa shape index (κ2) is 7.48. The van der Waals surface area contributed by atoms with E-state index in [1.54, 1.807) is 0 Å². The number of aryl methyl sites for hydroxylation is 1. The maximum Gasteiger partial charge on any atom is 0.192 e. The van der Waals surface area contributed by atoms with E-state index in [0.29, 0.717) is 17.5 Å². The van der Waals surface area contributed by atoms with Gasteiger partial charge in [0.25, 0.3) is 0 Å². The Balaban J connectivity index is 1.93. The van der Waals surface area contributed by atoms with Crippen LogP contribution in [0.25, 0.3) is 0 Å². The molecule has 0 fully saturated rings. The molecule has 0 aliphatic carbocycles. The van der Waals surface area contributed by atoms with Crippen LogP contribution in [0.1, 0.15) is 41.3 Å². The van der Waals surface area contributed by atoms with Gasteiger partial charge in [-0.1, -0.05) is 30.3 Å². The van der Waals surface area contributed by atoms with Crippen molar-refractivity contribution in [3.63, 3.8) is 0 Å². The fourth-order valence-corrected chi connectivity index (χ4v) is 2.94. The summed E-state index contributed by atoms with van der Waals surface area (Å²) < 4.78 is 0. The summed E-state index contributed by atoms with van der Waals surface area (Å²) in [6.45, 7) is 7.90. The number of thiazole rings is 1. The molecule has 1 heterocycles. The van der Waals surface area contributed by atoms with Gasteiger partial charge in [0.05, 0.1) is 0 Å². The second-order valence-electron chi connectivity index (χ2n) is 5.52. The van der Waals surface area contributed by atoms with E-state index in [9.17, 15) is 4.79 Å². The molecule has 0 saturated heterocycles. The number of carbonyl (C=O) groups excluding carboxylic acids is 1. The van der Waals surface area contributed by atoms with Crippen LogP contribution >= 0.6 is 11.3 Å². The van der Waals surface area contributed by atoms with Crippen molar-refractivity contribution in [1.29, 1.82) is 0 Å². The molecule has 4 heteroatoms. The summed E-state index contributed by atoms with van der Waals surface area (Å²) in [6, 6.07) is 10.8. The Morgan fingerprint density at radius 3 is 2.57 bits per heavy atom. The van der Waals surface area contributed by atoms with E-state index in [-0.39, 0.29) is 5.78 Å². The summed E-state index contributed by atoms with van der Waals surface area (Å²) in [5.41, 5.74) is 2.21. The second-order valence-corrected chi connectivity index (χ2v) is 6.38. The van der Waals surface area contributed by atoms with Crippen LogP contribution in [-0.4, -0.2) is 28.3 Å². The van der Waals surface area contributed by atoms with Crippen molar-refractivity contribution in [3.05, 3.63) is 52.0 Å². The van der Waals surface area contributed by atoms with Crippen molar-refractivity contribution < 1.29 is 4.79 Å². The monoisotopic (exact) mass is 302 g/mol. The van der Waals surface area contributed by atoms with Gasteiger partial charge in [0.2, 0.25) is 0 Å². The maximum atomic E-state index is 12.2. The summed E-state index contributed by atoms with van der Waals surface area (Å²) in [5, 5.41) is 2.56. The number of rotatable bonds is 7. The highest BCUT2D eigenvalue weighted by Gasteiger charge is 2.15. The van der Waals surface area contributed by atoms with Crippen molar-refractivity contribution >= 4 is 17.1 Å². The van der Waals surface area contributed by atoms with Crippen LogP contribution in [0.15, 0.2) is 35.7 Å². The molecule has 0 aliphatic rings. The molecule has 0 amide bonds. The normalized spacial score (nSPS) is 11.3. The Labute approximate surface area is 130 Å². The highest BCUT2D eigenvalue weighted by atomic mass is 32.1. The first-order chi connectivity index (χ1) is 10.1. The van der Waals surface area contributed by atoms with E-state index >= 15 is 0 Å². The van der Waals surface area contributed by atoms with E-state index in [2.05, 4.69) is 48.0 Å². The SMILES string of the molecule is Cc1csc(C(=O)CCN(Cc2ccccc2)C(C)C)n1. The third-order valence-corrected chi connectivity index (χ3v) is 4.44. The van der Waals surface area contributed by atoms with Gasteiger partial charge in [0.1, 0.15) is 0 Å². The molecule has 0 aliphatic heterocycles. The van der Waals surface area contributed by atoms with Crippen LogP contribution in [0, 0.1) is 6.92 Å². The minimum Gasteiger partial charge on any atom is -0.296 e. The van der Waals surface area contributed by atoms with E-state index < -0.39 is 0 Å². The number of aromatic nitrogens is 1. The molecule has 0 saturated carbocycles. The Morgan fingerprint density at radius 2 is 2.00 bits per heavy atom. The van der Waals surface area contributed by atoms with Gasteiger partial charge < -0.3 is 0 Å². The maximum absolute atomic E-state index is 12.2. The van der Waals surface area contributed by atoms with E-state index in [1.807, 2.05) is 18.4 Å². The predicted octanol–water partition coefficient (Wildman–Crippen LogP) is 3.93. The Bertz CT molecular complexity index is 577. The molecule has 0 atom stereocenters. The van der Waals surface area contributed by atoms with Crippen LogP contribution in [0.3, 0.4) is 0 Å². The number of ketones is 1. The minimum absolute atomic E-state index is 0.145. The van der Waals surface area contributed by atoms with Crippen molar-refractivity contribution in [2.75, 3.05) is 6.54 Å². The molecular formula is C17H22N2OS. The molecule has 2 aromatic rings. The number of carbonyl (C=O) groups is 1. The van der Waals surface area contributed by atoms with Crippen LogP contribution < -0.4 is 0 Å². The molecule has 1 aromatic carbocycles. The average molecular weight is 302 g/mol. The summed E-state index contributed by atoms with van der Waals surface area (Å²) in [4.78, 5) is 18.8. The summed E-state index contributed by atoms with van der Waals surface area (Å²) in [5.74, 6) is 0.145. The summed E-state index contributed by atoms with van der Waals surface area (Å²) in [6.07, 6.45) is 0.526. The largest absolute Gasteiger partial charge is 0.296 e. The van der Waals surface area contributed by atoms with Crippen molar-refractivity contribution in [2.45, 2.75) is 39.8 Å². The summed E-state index contributed by atoms with van der Waals surface area (Å²) >= 11 is 1.44. The molecule has 21 heavy (non-hydrogen) atoms. The van der Waals surface area contributed by atoms with E-state index in [4.69, 9.17) is 0 Å². The Kier molecular flexibility index (Phi) is 5.65. The molecular weight excluding hydrogens is 280 g/mol. The van der Waals surface area contributed by atoms with Gasteiger partial charge >= 0.3 is 0 Å². The van der Waals surface area contributed by atoms with E-state index in [0.717, 1.165) is 18.8 Å². The highest BCUT2D eigenvalue weighted by molar-refractivity contribution is 7.11. The fourth-order valence-electron chi connectivity index (χ4n) is 2.17. The smallest absolute Gasteiger partial charge is 0.192 e. The van der Waals surface area contributed by atoms with Gasteiger partial charge in [0.15, 0.2) is 10.8 Å². The molecule has 2 rings (SSSR count). The molecule has 0 bridgehead atoms. The lowest BCUT2D eigenvalue weighted by molar-refractivity contribution is 0.0952. The Morgan fingerprint density at radius 1 is 1.29 bits per heavy atom. The molecule has 0 radical (unpaired) electrons. The third-order valence-electron chi connectivity index (χ3n) is 3.44. The highest BCUT2D eigenvalue weighted by Crippen LogP contribution is 2.13. The first-order valence-corrected chi connectivity index (χ1v) is 8.17. The topological polar surface area (TPSA) is 33.2 Å². The lowest BCUT2D eigenvalue weighted by Crippen LogP contribution is -2.32. The van der Waals surface area contributed by atoms with Gasteiger partial charge in [0, 0.05) is 36.6 Å². The zero-order valence-electron chi connectivity index (χ0n) is 12.9. The third kappa shape index (κ3) is 4.76. The van der Waals surface area contributed by atoms with Gasteiger partial charge in [-0.05, 0) is 26.3 Å². The number of Topliss-reactive ketones (excluding diaryl/α,β-unsaturated/α-hetero) is 1. The molecule has 112 valence electrons. The zero-order valence-corrected chi connectivity index (χ0v) is 13.7. The standard InChI is InChI=1S/C17H22N2OS/c1-13(2)19(11-15-7-5-4-6-8-15)10-9-16(20)17-18-14(3)12-21-17/h4-8,12-13H,9-11H2,1-3H3. The molecule has 3 nitrogen and oxygen atoms in total. The van der Waals surface area contributed by atoms with Gasteiger partial charge in [-0.2, -0.15) is 0 Å². The fraction of sp³-hybridized carbons (Fsp3) is 0.412. The van der Waals surface area contributed by atoms with Crippen LogP contribution in [0.4, 0.5) is 0 Å². The first kappa shape index (κ1) is 15.9.